The molecule has 0 aromatic carbocycles. The summed E-state index contributed by atoms with van der Waals surface area (Å²) in [6.45, 7) is 5.28. The molecule has 0 saturated carbocycles. The maximum Gasteiger partial charge on any atom is 0.302 e. The number of carbonyl (C=O) groups is 1. The molecule has 156 valence electrons. The summed E-state index contributed by atoms with van der Waals surface area (Å²) in [7, 11) is 0. The average molecular weight is 375 g/mol. The molecule has 3 nitrogen and oxygen atoms in total. The molecule has 0 aromatic heterocycles. The number of unbranched alkanes of at least 4 members (excludes halogenated alkanes) is 13. The van der Waals surface area contributed by atoms with Gasteiger partial charge in [-0.15, -0.1) is 0 Å². The Hall–Kier alpha value is -0.640. The molecule has 26 heavy (non-hydrogen) atoms. The van der Waals surface area contributed by atoms with Crippen LogP contribution < -0.4 is 0 Å². The zero-order chi connectivity index (χ0) is 19.5. The molecule has 0 radical (unpaired) electrons. The Kier molecular flexibility index (Phi) is 17.3. The van der Waals surface area contributed by atoms with Crippen molar-refractivity contribution in [2.45, 2.75) is 116 Å². The van der Waals surface area contributed by atoms with Crippen LogP contribution in [0.4, 0.5) is 4.39 Å². The molecule has 0 N–H and O–H groups in total. The Bertz CT molecular complexity index is 319. The van der Waals surface area contributed by atoms with Crippen molar-refractivity contribution in [2.75, 3.05) is 19.8 Å². The van der Waals surface area contributed by atoms with Gasteiger partial charge in [-0.1, -0.05) is 90.4 Å². The Balaban J connectivity index is 3.21. The van der Waals surface area contributed by atoms with Gasteiger partial charge in [-0.2, -0.15) is 0 Å². The van der Waals surface area contributed by atoms with Gasteiger partial charge in [-0.25, -0.2) is 4.39 Å². The van der Waals surface area contributed by atoms with Crippen LogP contribution in [0.5, 0.6) is 0 Å². The van der Waals surface area contributed by atoms with Crippen LogP contribution in [0.25, 0.3) is 0 Å². The second kappa shape index (κ2) is 17.8. The van der Waals surface area contributed by atoms with Gasteiger partial charge < -0.3 is 9.47 Å². The summed E-state index contributed by atoms with van der Waals surface area (Å²) >= 11 is 0. The first-order valence-electron chi connectivity index (χ1n) is 10.9. The van der Waals surface area contributed by atoms with E-state index in [2.05, 4.69) is 6.92 Å². The first-order valence-corrected chi connectivity index (χ1v) is 10.9. The van der Waals surface area contributed by atoms with Gasteiger partial charge in [0.15, 0.2) is 5.67 Å². The number of alkyl halides is 1. The molecule has 0 heterocycles. The van der Waals surface area contributed by atoms with Crippen molar-refractivity contribution in [3.8, 4) is 0 Å². The van der Waals surface area contributed by atoms with E-state index in [1.165, 1.54) is 90.9 Å². The lowest BCUT2D eigenvalue weighted by Crippen LogP contribution is -2.32. The Labute approximate surface area is 161 Å². The normalized spacial score (nSPS) is 13.5. The molecular formula is C22H43FO3. The van der Waals surface area contributed by atoms with Gasteiger partial charge in [0.1, 0.15) is 6.61 Å². The molecule has 0 fully saturated rings. The largest absolute Gasteiger partial charge is 0.462 e. The number of hydrogen-bond acceptors (Lipinski definition) is 3. The van der Waals surface area contributed by atoms with E-state index in [4.69, 9.17) is 9.47 Å². The Morgan fingerprint density at radius 2 is 1.19 bits per heavy atom. The van der Waals surface area contributed by atoms with E-state index in [0.717, 1.165) is 12.8 Å². The molecule has 0 aliphatic rings. The molecule has 0 saturated heterocycles. The van der Waals surface area contributed by atoms with E-state index < -0.39 is 11.6 Å². The quantitative estimate of drug-likeness (QED) is 0.185. The second-order valence-corrected chi connectivity index (χ2v) is 7.84. The van der Waals surface area contributed by atoms with Crippen molar-refractivity contribution in [3.63, 3.8) is 0 Å². The van der Waals surface area contributed by atoms with E-state index in [-0.39, 0.29) is 13.2 Å². The summed E-state index contributed by atoms with van der Waals surface area (Å²) < 4.78 is 24.0. The standard InChI is InChI=1S/C22H43FO3/c1-4-5-6-7-8-9-10-11-12-13-14-15-16-17-18-25-19-22(3,23)20-26-21(2)24/h4-20H2,1-3H3. The molecular weight excluding hydrogens is 331 g/mol. The maximum atomic E-state index is 13.9. The number of halogens is 1. The molecule has 1 atom stereocenters. The van der Waals surface area contributed by atoms with Crippen LogP contribution in [0.3, 0.4) is 0 Å². The minimum Gasteiger partial charge on any atom is -0.462 e. The predicted molar refractivity (Wildman–Crippen MR) is 107 cm³/mol. The third-order valence-electron chi connectivity index (χ3n) is 4.62. The zero-order valence-corrected chi connectivity index (χ0v) is 17.6. The van der Waals surface area contributed by atoms with Gasteiger partial charge >= 0.3 is 5.97 Å². The van der Waals surface area contributed by atoms with E-state index in [0.29, 0.717) is 6.61 Å². The van der Waals surface area contributed by atoms with Crippen molar-refractivity contribution in [3.05, 3.63) is 0 Å². The summed E-state index contributed by atoms with van der Waals surface area (Å²) in [6.07, 6.45) is 18.5. The average Bonchev–Trinajstić information content (AvgIpc) is 2.60. The molecule has 0 aromatic rings. The first-order chi connectivity index (χ1) is 12.5. The van der Waals surface area contributed by atoms with Crippen LogP contribution in [-0.4, -0.2) is 31.5 Å². The molecule has 4 heteroatoms. The minimum atomic E-state index is -1.60. The highest BCUT2D eigenvalue weighted by molar-refractivity contribution is 5.65. The molecule has 0 aliphatic carbocycles. The summed E-state index contributed by atoms with van der Waals surface area (Å²) in [5, 5.41) is 0. The van der Waals surface area contributed by atoms with Crippen LogP contribution in [0.15, 0.2) is 0 Å². The van der Waals surface area contributed by atoms with Gasteiger partial charge in [0.05, 0.1) is 6.61 Å². The molecule has 0 spiro atoms. The van der Waals surface area contributed by atoms with Gasteiger partial charge in [-0.05, 0) is 13.3 Å². The fourth-order valence-electron chi connectivity index (χ4n) is 2.98. The Morgan fingerprint density at radius 3 is 1.62 bits per heavy atom. The van der Waals surface area contributed by atoms with E-state index >= 15 is 0 Å². The van der Waals surface area contributed by atoms with Crippen LogP contribution in [0.1, 0.15) is 111 Å². The summed E-state index contributed by atoms with van der Waals surface area (Å²) in [4.78, 5) is 10.7. The molecule has 0 amide bonds. The van der Waals surface area contributed by atoms with Crippen molar-refractivity contribution >= 4 is 5.97 Å². The third-order valence-corrected chi connectivity index (χ3v) is 4.62. The minimum absolute atomic E-state index is 0.0152. The van der Waals surface area contributed by atoms with Gasteiger partial charge in [-0.3, -0.25) is 4.79 Å². The zero-order valence-electron chi connectivity index (χ0n) is 17.6. The molecule has 0 rings (SSSR count). The first kappa shape index (κ1) is 25.4. The summed E-state index contributed by atoms with van der Waals surface area (Å²) in [5.74, 6) is -0.458. The third kappa shape index (κ3) is 19.7. The number of carbonyl (C=O) groups excluding carboxylic acids is 1. The fourth-order valence-corrected chi connectivity index (χ4v) is 2.98. The molecule has 0 bridgehead atoms. The maximum absolute atomic E-state index is 13.9. The summed E-state index contributed by atoms with van der Waals surface area (Å²) in [5.41, 5.74) is -1.60. The monoisotopic (exact) mass is 374 g/mol. The number of esters is 1. The highest BCUT2D eigenvalue weighted by atomic mass is 19.1. The lowest BCUT2D eigenvalue weighted by atomic mass is 10.0. The van der Waals surface area contributed by atoms with Crippen molar-refractivity contribution in [1.29, 1.82) is 0 Å². The van der Waals surface area contributed by atoms with Gasteiger partial charge in [0.25, 0.3) is 0 Å². The highest BCUT2D eigenvalue weighted by Gasteiger charge is 2.25. The topological polar surface area (TPSA) is 35.5 Å². The summed E-state index contributed by atoms with van der Waals surface area (Å²) in [6, 6.07) is 0. The van der Waals surface area contributed by atoms with Crippen molar-refractivity contribution in [2.24, 2.45) is 0 Å². The molecule has 0 aliphatic heterocycles. The van der Waals surface area contributed by atoms with Gasteiger partial charge in [0, 0.05) is 13.5 Å². The lowest BCUT2D eigenvalue weighted by molar-refractivity contribution is -0.146. The predicted octanol–water partition coefficient (Wildman–Crippen LogP) is 6.78. The SMILES string of the molecule is CCCCCCCCCCCCCCCCOCC(C)(F)COC(C)=O. The number of hydrogen-bond donors (Lipinski definition) is 0. The molecule has 1 unspecified atom stereocenters. The number of rotatable bonds is 19. The highest BCUT2D eigenvalue weighted by Crippen LogP contribution is 2.14. The van der Waals surface area contributed by atoms with Crippen LogP contribution in [-0.2, 0) is 14.3 Å². The van der Waals surface area contributed by atoms with Crippen molar-refractivity contribution < 1.29 is 18.7 Å². The van der Waals surface area contributed by atoms with E-state index in [1.807, 2.05) is 0 Å². The van der Waals surface area contributed by atoms with Crippen LogP contribution >= 0.6 is 0 Å². The van der Waals surface area contributed by atoms with Crippen LogP contribution in [0.2, 0.25) is 0 Å². The fraction of sp³-hybridized carbons (Fsp3) is 0.955. The lowest BCUT2D eigenvalue weighted by Gasteiger charge is -2.19. The van der Waals surface area contributed by atoms with Crippen molar-refractivity contribution in [1.82, 2.24) is 0 Å². The second-order valence-electron chi connectivity index (χ2n) is 7.84. The van der Waals surface area contributed by atoms with E-state index in [9.17, 15) is 9.18 Å². The smallest absolute Gasteiger partial charge is 0.302 e. The number of ether oxygens (including phenoxy) is 2. The van der Waals surface area contributed by atoms with E-state index in [1.54, 1.807) is 0 Å². The van der Waals surface area contributed by atoms with Gasteiger partial charge in [0.2, 0.25) is 0 Å². The van der Waals surface area contributed by atoms with Crippen LogP contribution in [0, 0.1) is 0 Å². The Morgan fingerprint density at radius 1 is 0.769 bits per heavy atom.